The van der Waals surface area contributed by atoms with E-state index in [1.54, 1.807) is 20.8 Å². The number of carbonyl (C=O) groups is 3. The summed E-state index contributed by atoms with van der Waals surface area (Å²) in [5.41, 5.74) is 0. The van der Waals surface area contributed by atoms with Crippen LogP contribution in [0.4, 0.5) is 0 Å². The van der Waals surface area contributed by atoms with Crippen LogP contribution < -0.4 is 0 Å². The molecule has 0 heterocycles. The van der Waals surface area contributed by atoms with Crippen LogP contribution in [0.25, 0.3) is 0 Å². The highest BCUT2D eigenvalue weighted by atomic mass is 32.2. The monoisotopic (exact) mass is 584 g/mol. The highest BCUT2D eigenvalue weighted by Gasteiger charge is 2.61. The Bertz CT molecular complexity index is 1130. The molecule has 0 fully saturated rings. The topological polar surface area (TPSA) is 78.9 Å². The maximum atomic E-state index is 14.3. The predicted octanol–water partition coefficient (Wildman–Crippen LogP) is 6.53. The fourth-order valence-corrected chi connectivity index (χ4v) is 7.97. The quantitative estimate of drug-likeness (QED) is 0.119. The lowest BCUT2D eigenvalue weighted by molar-refractivity contribution is -0.155. The van der Waals surface area contributed by atoms with Crippen LogP contribution in [0.1, 0.15) is 20.8 Å². The Balaban J connectivity index is 2.32. The zero-order valence-corrected chi connectivity index (χ0v) is 24.6. The summed E-state index contributed by atoms with van der Waals surface area (Å²) in [5.74, 6) is -1.93. The molecule has 0 radical (unpaired) electrons. The largest absolute Gasteiger partial charge is 0.465 e. The minimum absolute atomic E-state index is 0.0625. The fraction of sp³-hybridized carbons (Fsp3) is 0.300. The average molecular weight is 585 g/mol. The first-order valence-corrected chi connectivity index (χ1v) is 15.2. The van der Waals surface area contributed by atoms with Crippen molar-refractivity contribution in [3.05, 3.63) is 91.0 Å². The molecule has 3 aromatic rings. The number of rotatable bonds is 14. The Kier molecular flexibility index (Phi) is 12.3. The normalized spacial score (nSPS) is 13.9. The lowest BCUT2D eigenvalue weighted by Gasteiger charge is -2.40. The second-order valence-corrected chi connectivity index (χ2v) is 11.8. The molecule has 2 atom stereocenters. The van der Waals surface area contributed by atoms with Gasteiger partial charge in [-0.25, -0.2) is 0 Å². The summed E-state index contributed by atoms with van der Waals surface area (Å²) in [6.45, 7) is 5.39. The zero-order chi connectivity index (χ0) is 28.1. The van der Waals surface area contributed by atoms with Gasteiger partial charge in [-0.3, -0.25) is 14.4 Å². The molecule has 0 aliphatic heterocycles. The summed E-state index contributed by atoms with van der Waals surface area (Å²) in [6.07, 6.45) is 0. The van der Waals surface area contributed by atoms with Gasteiger partial charge in [-0.2, -0.15) is 0 Å². The van der Waals surface area contributed by atoms with Crippen LogP contribution in [-0.4, -0.2) is 53.0 Å². The van der Waals surface area contributed by atoms with E-state index in [1.807, 2.05) is 91.0 Å². The molecule has 0 N–H and O–H groups in total. The highest BCUT2D eigenvalue weighted by Crippen LogP contribution is 2.51. The highest BCUT2D eigenvalue weighted by molar-refractivity contribution is 8.07. The molecule has 2 unspecified atom stereocenters. The fourth-order valence-electron chi connectivity index (χ4n) is 3.76. The predicted molar refractivity (Wildman–Crippen MR) is 157 cm³/mol. The van der Waals surface area contributed by atoms with Gasteiger partial charge in [0.25, 0.3) is 0 Å². The number of thioether (sulfide) groups is 3. The SMILES string of the molecule is CCOC(=O)C(Sc1ccccc1)C(Sc1ccccc1)(C(=O)OCC)C(Sc1ccccc1)C(=O)OCC. The summed E-state index contributed by atoms with van der Waals surface area (Å²) in [7, 11) is 0. The number of carbonyl (C=O) groups excluding carboxylic acids is 3. The lowest BCUT2D eigenvalue weighted by atomic mass is 9.98. The number of benzene rings is 3. The van der Waals surface area contributed by atoms with Crippen molar-refractivity contribution in [1.29, 1.82) is 0 Å². The van der Waals surface area contributed by atoms with Crippen molar-refractivity contribution in [2.24, 2.45) is 0 Å². The third kappa shape index (κ3) is 8.06. The van der Waals surface area contributed by atoms with Crippen molar-refractivity contribution in [3.8, 4) is 0 Å². The zero-order valence-electron chi connectivity index (χ0n) is 22.1. The van der Waals surface area contributed by atoms with Crippen LogP contribution >= 0.6 is 35.3 Å². The molecule has 0 bridgehead atoms. The molecular weight excluding hydrogens is 553 g/mol. The van der Waals surface area contributed by atoms with Gasteiger partial charge in [0.1, 0.15) is 10.5 Å². The van der Waals surface area contributed by atoms with E-state index in [1.165, 1.54) is 23.5 Å². The molecule has 0 spiro atoms. The third-order valence-electron chi connectivity index (χ3n) is 5.40. The number of esters is 3. The molecule has 39 heavy (non-hydrogen) atoms. The molecule has 3 aromatic carbocycles. The van der Waals surface area contributed by atoms with Gasteiger partial charge in [0.15, 0.2) is 4.75 Å². The lowest BCUT2D eigenvalue weighted by Crippen LogP contribution is -2.59. The van der Waals surface area contributed by atoms with Crippen LogP contribution in [0.5, 0.6) is 0 Å². The average Bonchev–Trinajstić information content (AvgIpc) is 2.95. The van der Waals surface area contributed by atoms with Crippen molar-refractivity contribution < 1.29 is 28.6 Å². The van der Waals surface area contributed by atoms with Gasteiger partial charge < -0.3 is 14.2 Å². The van der Waals surface area contributed by atoms with Crippen LogP contribution in [0.2, 0.25) is 0 Å². The van der Waals surface area contributed by atoms with Crippen molar-refractivity contribution in [3.63, 3.8) is 0 Å². The van der Waals surface area contributed by atoms with E-state index >= 15 is 0 Å². The third-order valence-corrected chi connectivity index (χ3v) is 9.87. The van der Waals surface area contributed by atoms with Crippen LogP contribution in [0.15, 0.2) is 106 Å². The molecule has 206 valence electrons. The van der Waals surface area contributed by atoms with E-state index in [-0.39, 0.29) is 19.8 Å². The Morgan fingerprint density at radius 2 is 0.949 bits per heavy atom. The number of ether oxygens (including phenoxy) is 3. The van der Waals surface area contributed by atoms with Crippen molar-refractivity contribution in [2.45, 2.75) is 50.7 Å². The summed E-state index contributed by atoms with van der Waals surface area (Å²) in [5, 5.41) is -2.32. The molecular formula is C30H32O6S3. The van der Waals surface area contributed by atoms with E-state index in [0.29, 0.717) is 4.90 Å². The Hall–Kier alpha value is -2.88. The number of hydrogen-bond donors (Lipinski definition) is 0. The Labute approximate surface area is 242 Å². The smallest absolute Gasteiger partial charge is 0.326 e. The van der Waals surface area contributed by atoms with Gasteiger partial charge in [-0.15, -0.1) is 35.3 Å². The minimum atomic E-state index is -1.77. The van der Waals surface area contributed by atoms with Gasteiger partial charge in [0.05, 0.1) is 19.8 Å². The van der Waals surface area contributed by atoms with Gasteiger partial charge >= 0.3 is 17.9 Å². The maximum absolute atomic E-state index is 14.3. The molecule has 0 aliphatic rings. The standard InChI is InChI=1S/C30H32O6S3/c1-4-34-27(31)25(37-22-16-10-7-11-17-22)30(29(33)36-6-3,39-24-20-14-9-15-21-24)26(28(32)35-5-2)38-23-18-12-8-13-19-23/h7-21,25-26H,4-6H2,1-3H3. The first-order chi connectivity index (χ1) is 19.0. The minimum Gasteiger partial charge on any atom is -0.465 e. The summed E-state index contributed by atoms with van der Waals surface area (Å²) >= 11 is 3.48. The molecule has 3 rings (SSSR count). The van der Waals surface area contributed by atoms with E-state index in [0.717, 1.165) is 21.6 Å². The molecule has 0 saturated heterocycles. The van der Waals surface area contributed by atoms with Gasteiger partial charge in [0, 0.05) is 14.7 Å². The van der Waals surface area contributed by atoms with E-state index in [9.17, 15) is 14.4 Å². The summed E-state index contributed by atoms with van der Waals surface area (Å²) in [6, 6.07) is 27.8. The molecule has 0 aliphatic carbocycles. The first-order valence-electron chi connectivity index (χ1n) is 12.6. The van der Waals surface area contributed by atoms with Crippen LogP contribution in [-0.2, 0) is 28.6 Å². The van der Waals surface area contributed by atoms with E-state index in [2.05, 4.69) is 0 Å². The van der Waals surface area contributed by atoms with Crippen molar-refractivity contribution >= 4 is 53.2 Å². The summed E-state index contributed by atoms with van der Waals surface area (Å²) in [4.78, 5) is 44.0. The Morgan fingerprint density at radius 3 is 1.31 bits per heavy atom. The van der Waals surface area contributed by atoms with Crippen LogP contribution in [0.3, 0.4) is 0 Å². The Morgan fingerprint density at radius 1 is 0.590 bits per heavy atom. The molecule has 0 amide bonds. The maximum Gasteiger partial charge on any atom is 0.326 e. The van der Waals surface area contributed by atoms with Crippen LogP contribution in [0, 0.1) is 0 Å². The van der Waals surface area contributed by atoms with E-state index in [4.69, 9.17) is 14.2 Å². The van der Waals surface area contributed by atoms with Crippen molar-refractivity contribution in [2.75, 3.05) is 19.8 Å². The second-order valence-electron chi connectivity index (χ2n) is 8.05. The van der Waals surface area contributed by atoms with Gasteiger partial charge in [-0.05, 0) is 57.2 Å². The second kappa shape index (κ2) is 15.6. The van der Waals surface area contributed by atoms with E-state index < -0.39 is 33.2 Å². The molecule has 0 saturated carbocycles. The molecule has 6 nitrogen and oxygen atoms in total. The molecule has 0 aromatic heterocycles. The van der Waals surface area contributed by atoms with Crippen molar-refractivity contribution in [1.82, 2.24) is 0 Å². The number of hydrogen-bond acceptors (Lipinski definition) is 9. The first kappa shape index (κ1) is 30.7. The summed E-state index contributed by atoms with van der Waals surface area (Å²) < 4.78 is 15.0. The van der Waals surface area contributed by atoms with Gasteiger partial charge in [-0.1, -0.05) is 54.6 Å². The molecule has 9 heteroatoms. The van der Waals surface area contributed by atoms with Gasteiger partial charge in [0.2, 0.25) is 0 Å².